The predicted octanol–water partition coefficient (Wildman–Crippen LogP) is 1.89. The van der Waals surface area contributed by atoms with Gasteiger partial charge < -0.3 is 19.5 Å². The average molecular weight is 358 g/mol. The first-order valence-corrected chi connectivity index (χ1v) is 8.87. The maximum Gasteiger partial charge on any atom is 0.310 e. The molecule has 1 amide bonds. The van der Waals surface area contributed by atoms with E-state index in [-0.39, 0.29) is 13.0 Å². The minimum atomic E-state index is -0.822. The molecule has 7 heteroatoms. The van der Waals surface area contributed by atoms with Gasteiger partial charge in [-0.25, -0.2) is 0 Å². The molecule has 7 nitrogen and oxygen atoms in total. The standard InChI is InChI=1S/C19H22N2O5/c20-13-19(6-2-1-3-7-19)21-17(22)12-26-18(23)11-14-4-5-15-16(10-14)25-9-8-24-15/h4-5,10H,1-3,6-9,11-12H2,(H,21,22). The second-order valence-corrected chi connectivity index (χ2v) is 6.62. The zero-order chi connectivity index (χ0) is 18.4. The number of nitriles is 1. The van der Waals surface area contributed by atoms with Crippen LogP contribution >= 0.6 is 0 Å². The van der Waals surface area contributed by atoms with Crippen LogP contribution in [0.25, 0.3) is 0 Å². The molecule has 0 saturated heterocycles. The van der Waals surface area contributed by atoms with Crippen LogP contribution in [-0.4, -0.2) is 37.2 Å². The van der Waals surface area contributed by atoms with Gasteiger partial charge in [0, 0.05) is 0 Å². The van der Waals surface area contributed by atoms with E-state index in [2.05, 4.69) is 11.4 Å². The Kier molecular flexibility index (Phi) is 5.61. The topological polar surface area (TPSA) is 97.7 Å². The monoisotopic (exact) mass is 358 g/mol. The van der Waals surface area contributed by atoms with Crippen molar-refractivity contribution in [2.45, 2.75) is 44.1 Å². The van der Waals surface area contributed by atoms with Crippen LogP contribution in [0.15, 0.2) is 18.2 Å². The van der Waals surface area contributed by atoms with Crippen LogP contribution in [0, 0.1) is 11.3 Å². The number of hydrogen-bond acceptors (Lipinski definition) is 6. The molecule has 0 spiro atoms. The molecule has 0 aromatic heterocycles. The Bertz CT molecular complexity index is 719. The first kappa shape index (κ1) is 18.1. The summed E-state index contributed by atoms with van der Waals surface area (Å²) in [5, 5.41) is 12.1. The molecule has 1 aromatic carbocycles. The Labute approximate surface area is 152 Å². The van der Waals surface area contributed by atoms with Gasteiger partial charge >= 0.3 is 5.97 Å². The fourth-order valence-corrected chi connectivity index (χ4v) is 3.28. The molecule has 1 aliphatic heterocycles. The van der Waals surface area contributed by atoms with E-state index in [0.29, 0.717) is 37.6 Å². The fraction of sp³-hybridized carbons (Fsp3) is 0.526. The molecule has 1 aromatic rings. The first-order valence-electron chi connectivity index (χ1n) is 8.87. The molecule has 0 bridgehead atoms. The minimum absolute atomic E-state index is 0.0350. The van der Waals surface area contributed by atoms with E-state index >= 15 is 0 Å². The number of rotatable bonds is 5. The highest BCUT2D eigenvalue weighted by molar-refractivity contribution is 5.82. The summed E-state index contributed by atoms with van der Waals surface area (Å²) < 4.78 is 16.0. The van der Waals surface area contributed by atoms with Crippen molar-refractivity contribution in [3.8, 4) is 17.6 Å². The summed E-state index contributed by atoms with van der Waals surface area (Å²) in [5.74, 6) is 0.310. The molecule has 1 fully saturated rings. The van der Waals surface area contributed by atoms with E-state index < -0.39 is 17.4 Å². The molecule has 26 heavy (non-hydrogen) atoms. The lowest BCUT2D eigenvalue weighted by Crippen LogP contribution is -2.50. The van der Waals surface area contributed by atoms with Crippen LogP contribution in [0.4, 0.5) is 0 Å². The van der Waals surface area contributed by atoms with Gasteiger partial charge in [0.15, 0.2) is 18.1 Å². The smallest absolute Gasteiger partial charge is 0.310 e. The van der Waals surface area contributed by atoms with E-state index in [4.69, 9.17) is 14.2 Å². The number of carbonyl (C=O) groups is 2. The quantitative estimate of drug-likeness (QED) is 0.807. The summed E-state index contributed by atoms with van der Waals surface area (Å²) in [6.07, 6.45) is 4.22. The van der Waals surface area contributed by atoms with Crippen molar-refractivity contribution >= 4 is 11.9 Å². The van der Waals surface area contributed by atoms with Crippen molar-refractivity contribution < 1.29 is 23.8 Å². The summed E-state index contributed by atoms with van der Waals surface area (Å²) in [6, 6.07) is 7.46. The number of amides is 1. The lowest BCUT2D eigenvalue weighted by Gasteiger charge is -2.31. The highest BCUT2D eigenvalue weighted by Crippen LogP contribution is 2.31. The van der Waals surface area contributed by atoms with Crippen molar-refractivity contribution in [3.63, 3.8) is 0 Å². The van der Waals surface area contributed by atoms with Crippen molar-refractivity contribution in [2.24, 2.45) is 0 Å². The predicted molar refractivity (Wildman–Crippen MR) is 91.7 cm³/mol. The second-order valence-electron chi connectivity index (χ2n) is 6.62. The first-order chi connectivity index (χ1) is 12.6. The van der Waals surface area contributed by atoms with E-state index in [0.717, 1.165) is 24.8 Å². The van der Waals surface area contributed by atoms with Crippen LogP contribution in [0.1, 0.15) is 37.7 Å². The molecule has 3 rings (SSSR count). The molecular formula is C19H22N2O5. The van der Waals surface area contributed by atoms with Gasteiger partial charge in [-0.1, -0.05) is 25.3 Å². The van der Waals surface area contributed by atoms with Crippen LogP contribution in [-0.2, 0) is 20.7 Å². The van der Waals surface area contributed by atoms with Crippen LogP contribution < -0.4 is 14.8 Å². The molecule has 1 N–H and O–H groups in total. The maximum atomic E-state index is 12.0. The summed E-state index contributed by atoms with van der Waals surface area (Å²) in [5.41, 5.74) is -0.0992. The number of esters is 1. The number of fused-ring (bicyclic) bond motifs is 1. The third-order valence-corrected chi connectivity index (χ3v) is 4.62. The largest absolute Gasteiger partial charge is 0.486 e. The second kappa shape index (κ2) is 8.09. The summed E-state index contributed by atoms with van der Waals surface area (Å²) in [7, 11) is 0. The number of ether oxygens (including phenoxy) is 3. The van der Waals surface area contributed by atoms with Crippen LogP contribution in [0.3, 0.4) is 0 Å². The Morgan fingerprint density at radius 3 is 2.62 bits per heavy atom. The average Bonchev–Trinajstić information content (AvgIpc) is 2.67. The lowest BCUT2D eigenvalue weighted by molar-refractivity contribution is -0.148. The fourth-order valence-electron chi connectivity index (χ4n) is 3.28. The molecule has 138 valence electrons. The van der Waals surface area contributed by atoms with Gasteiger partial charge in [0.1, 0.15) is 18.8 Å². The van der Waals surface area contributed by atoms with Crippen molar-refractivity contribution in [3.05, 3.63) is 23.8 Å². The SMILES string of the molecule is N#CC1(NC(=O)COC(=O)Cc2ccc3c(c2)OCCO3)CCCCC1. The highest BCUT2D eigenvalue weighted by atomic mass is 16.6. The molecule has 1 saturated carbocycles. The molecule has 0 unspecified atom stereocenters. The third-order valence-electron chi connectivity index (χ3n) is 4.62. The normalized spacial score (nSPS) is 17.7. The number of nitrogens with one attached hydrogen (secondary N) is 1. The van der Waals surface area contributed by atoms with E-state index in [1.54, 1.807) is 18.2 Å². The molecule has 0 radical (unpaired) electrons. The Morgan fingerprint density at radius 1 is 1.15 bits per heavy atom. The number of nitrogens with zero attached hydrogens (tertiary/aromatic N) is 1. The van der Waals surface area contributed by atoms with Crippen LogP contribution in [0.2, 0.25) is 0 Å². The van der Waals surface area contributed by atoms with Gasteiger partial charge in [0.05, 0.1) is 12.5 Å². The molecule has 1 heterocycles. The Hall–Kier alpha value is -2.75. The van der Waals surface area contributed by atoms with Gasteiger partial charge in [0.2, 0.25) is 0 Å². The van der Waals surface area contributed by atoms with Gasteiger partial charge in [-0.2, -0.15) is 5.26 Å². The molecule has 0 atom stereocenters. The van der Waals surface area contributed by atoms with E-state index in [1.165, 1.54) is 0 Å². The number of carbonyl (C=O) groups excluding carboxylic acids is 2. The van der Waals surface area contributed by atoms with Gasteiger partial charge in [0.25, 0.3) is 5.91 Å². The van der Waals surface area contributed by atoms with Crippen molar-refractivity contribution in [1.29, 1.82) is 5.26 Å². The van der Waals surface area contributed by atoms with E-state index in [9.17, 15) is 14.9 Å². The molecule has 2 aliphatic rings. The maximum absolute atomic E-state index is 12.0. The summed E-state index contributed by atoms with van der Waals surface area (Å²) in [6.45, 7) is 0.599. The summed E-state index contributed by atoms with van der Waals surface area (Å²) >= 11 is 0. The Morgan fingerprint density at radius 2 is 1.88 bits per heavy atom. The minimum Gasteiger partial charge on any atom is -0.486 e. The van der Waals surface area contributed by atoms with Gasteiger partial charge in [-0.15, -0.1) is 0 Å². The zero-order valence-electron chi connectivity index (χ0n) is 14.6. The number of hydrogen-bond donors (Lipinski definition) is 1. The van der Waals surface area contributed by atoms with Crippen LogP contribution in [0.5, 0.6) is 11.5 Å². The van der Waals surface area contributed by atoms with E-state index in [1.807, 2.05) is 0 Å². The lowest BCUT2D eigenvalue weighted by atomic mass is 9.83. The zero-order valence-corrected chi connectivity index (χ0v) is 14.6. The van der Waals surface area contributed by atoms with Gasteiger partial charge in [-0.05, 0) is 30.5 Å². The number of benzene rings is 1. The van der Waals surface area contributed by atoms with Gasteiger partial charge in [-0.3, -0.25) is 9.59 Å². The van der Waals surface area contributed by atoms with Crippen molar-refractivity contribution in [2.75, 3.05) is 19.8 Å². The molecule has 1 aliphatic carbocycles. The van der Waals surface area contributed by atoms with Crippen molar-refractivity contribution in [1.82, 2.24) is 5.32 Å². The molecular weight excluding hydrogens is 336 g/mol. The third kappa shape index (κ3) is 4.45. The highest BCUT2D eigenvalue weighted by Gasteiger charge is 2.33. The summed E-state index contributed by atoms with van der Waals surface area (Å²) in [4.78, 5) is 24.0. The Balaban J connectivity index is 1.48.